The number of carbonyl (C=O) groups is 1. The van der Waals surface area contributed by atoms with E-state index in [0.29, 0.717) is 17.2 Å². The molecule has 3 rings (SSSR count). The van der Waals surface area contributed by atoms with Crippen LogP contribution in [0.15, 0.2) is 72.8 Å². The van der Waals surface area contributed by atoms with E-state index >= 15 is 0 Å². The Morgan fingerprint density at radius 1 is 0.893 bits per heavy atom. The molecule has 0 saturated carbocycles. The molecule has 2 amide bonds. The van der Waals surface area contributed by atoms with Crippen LogP contribution in [-0.2, 0) is 6.18 Å². The number of hydrogen-bond donors (Lipinski definition) is 2. The van der Waals surface area contributed by atoms with Gasteiger partial charge in [0.05, 0.1) is 16.3 Å². The Bertz CT molecular complexity index is 979. The molecule has 0 saturated heterocycles. The van der Waals surface area contributed by atoms with Crippen LogP contribution in [0.1, 0.15) is 5.56 Å². The summed E-state index contributed by atoms with van der Waals surface area (Å²) in [7, 11) is 0. The quantitative estimate of drug-likeness (QED) is 0.501. The van der Waals surface area contributed by atoms with Crippen LogP contribution < -0.4 is 15.4 Å². The van der Waals surface area contributed by atoms with Crippen molar-refractivity contribution in [1.82, 2.24) is 0 Å². The van der Waals surface area contributed by atoms with Crippen molar-refractivity contribution in [2.75, 3.05) is 10.6 Å². The summed E-state index contributed by atoms with van der Waals surface area (Å²) in [5, 5.41) is 4.48. The van der Waals surface area contributed by atoms with E-state index in [-0.39, 0.29) is 5.69 Å². The molecule has 0 radical (unpaired) electrons. The normalized spacial score (nSPS) is 11.0. The number of benzene rings is 3. The third kappa shape index (κ3) is 4.95. The van der Waals surface area contributed by atoms with Crippen LogP contribution in [0, 0.1) is 0 Å². The lowest BCUT2D eigenvalue weighted by Crippen LogP contribution is -2.20. The Kier molecular flexibility index (Phi) is 5.75. The molecule has 8 heteroatoms. The number of anilines is 2. The fourth-order valence-electron chi connectivity index (χ4n) is 2.38. The van der Waals surface area contributed by atoms with E-state index in [4.69, 9.17) is 16.3 Å². The lowest BCUT2D eigenvalue weighted by atomic mass is 10.2. The molecule has 4 nitrogen and oxygen atoms in total. The third-order valence-electron chi connectivity index (χ3n) is 3.64. The van der Waals surface area contributed by atoms with Gasteiger partial charge in [-0.1, -0.05) is 41.9 Å². The molecule has 0 heterocycles. The Morgan fingerprint density at radius 3 is 2.29 bits per heavy atom. The monoisotopic (exact) mass is 406 g/mol. The highest BCUT2D eigenvalue weighted by molar-refractivity contribution is 6.31. The molecule has 0 atom stereocenters. The van der Waals surface area contributed by atoms with Crippen LogP contribution in [0.25, 0.3) is 0 Å². The van der Waals surface area contributed by atoms with Crippen molar-refractivity contribution in [2.24, 2.45) is 0 Å². The summed E-state index contributed by atoms with van der Waals surface area (Å²) in [6, 6.07) is 18.1. The topological polar surface area (TPSA) is 50.4 Å². The zero-order valence-electron chi connectivity index (χ0n) is 14.3. The standard InChI is InChI=1S/C20H14ClF3N2O2/c21-16-11-10-13(12-15(16)20(22,23)24)25-19(27)26-17-8-4-5-9-18(17)28-14-6-2-1-3-7-14/h1-12H,(H2,25,26,27). The Balaban J connectivity index is 1.74. The number of hydrogen-bond acceptors (Lipinski definition) is 2. The summed E-state index contributed by atoms with van der Waals surface area (Å²) in [4.78, 5) is 12.2. The number of urea groups is 1. The van der Waals surface area contributed by atoms with Crippen LogP contribution in [0.2, 0.25) is 5.02 Å². The van der Waals surface area contributed by atoms with Gasteiger partial charge in [0.1, 0.15) is 5.75 Å². The van der Waals surface area contributed by atoms with Gasteiger partial charge in [0.15, 0.2) is 5.75 Å². The minimum atomic E-state index is -4.62. The minimum Gasteiger partial charge on any atom is -0.455 e. The smallest absolute Gasteiger partial charge is 0.417 e. The SMILES string of the molecule is O=C(Nc1ccc(Cl)c(C(F)(F)F)c1)Nc1ccccc1Oc1ccccc1. The van der Waals surface area contributed by atoms with Crippen molar-refractivity contribution in [3.05, 3.63) is 83.4 Å². The maximum atomic E-state index is 12.9. The second-order valence-corrected chi connectivity index (χ2v) is 6.09. The van der Waals surface area contributed by atoms with Gasteiger partial charge in [-0.05, 0) is 42.5 Å². The Morgan fingerprint density at radius 2 is 1.57 bits per heavy atom. The van der Waals surface area contributed by atoms with Crippen LogP contribution >= 0.6 is 11.6 Å². The lowest BCUT2D eigenvalue weighted by Gasteiger charge is -2.14. The van der Waals surface area contributed by atoms with Gasteiger partial charge in [-0.2, -0.15) is 13.2 Å². The van der Waals surface area contributed by atoms with Gasteiger partial charge >= 0.3 is 12.2 Å². The van der Waals surface area contributed by atoms with E-state index in [1.807, 2.05) is 6.07 Å². The molecule has 0 aliphatic carbocycles. The van der Waals surface area contributed by atoms with E-state index in [1.165, 1.54) is 6.07 Å². The molecule has 0 unspecified atom stereocenters. The molecular weight excluding hydrogens is 393 g/mol. The van der Waals surface area contributed by atoms with E-state index in [9.17, 15) is 18.0 Å². The van der Waals surface area contributed by atoms with Gasteiger partial charge < -0.3 is 15.4 Å². The van der Waals surface area contributed by atoms with Crippen molar-refractivity contribution in [3.63, 3.8) is 0 Å². The first-order chi connectivity index (χ1) is 13.3. The van der Waals surface area contributed by atoms with E-state index < -0.39 is 22.8 Å². The number of ether oxygens (including phenoxy) is 1. The zero-order valence-corrected chi connectivity index (χ0v) is 15.0. The summed E-state index contributed by atoms with van der Waals surface area (Å²) < 4.78 is 44.6. The minimum absolute atomic E-state index is 0.0457. The van der Waals surface area contributed by atoms with E-state index in [2.05, 4.69) is 10.6 Å². The molecule has 28 heavy (non-hydrogen) atoms. The highest BCUT2D eigenvalue weighted by Gasteiger charge is 2.33. The molecule has 3 aromatic rings. The van der Waals surface area contributed by atoms with Crippen molar-refractivity contribution in [3.8, 4) is 11.5 Å². The van der Waals surface area contributed by atoms with Crippen LogP contribution in [0.3, 0.4) is 0 Å². The first-order valence-electron chi connectivity index (χ1n) is 8.09. The maximum absolute atomic E-state index is 12.9. The van der Waals surface area contributed by atoms with E-state index in [1.54, 1.807) is 48.5 Å². The number of carbonyl (C=O) groups excluding carboxylic acids is 1. The Hall–Kier alpha value is -3.19. The first kappa shape index (κ1) is 19.6. The maximum Gasteiger partial charge on any atom is 0.417 e. The average molecular weight is 407 g/mol. The summed E-state index contributed by atoms with van der Waals surface area (Å²) in [6.07, 6.45) is -4.62. The highest BCUT2D eigenvalue weighted by Crippen LogP contribution is 2.36. The number of alkyl halides is 3. The molecule has 0 aliphatic heterocycles. The largest absolute Gasteiger partial charge is 0.455 e. The molecule has 0 spiro atoms. The van der Waals surface area contributed by atoms with Crippen molar-refractivity contribution in [1.29, 1.82) is 0 Å². The molecular formula is C20H14ClF3N2O2. The van der Waals surface area contributed by atoms with Gasteiger partial charge in [0, 0.05) is 5.69 Å². The van der Waals surface area contributed by atoms with Crippen molar-refractivity contribution < 1.29 is 22.7 Å². The highest BCUT2D eigenvalue weighted by atomic mass is 35.5. The number of para-hydroxylation sites is 3. The number of halogens is 4. The average Bonchev–Trinajstić information content (AvgIpc) is 2.65. The zero-order chi connectivity index (χ0) is 20.1. The van der Waals surface area contributed by atoms with Gasteiger partial charge in [-0.25, -0.2) is 4.79 Å². The van der Waals surface area contributed by atoms with Crippen molar-refractivity contribution >= 4 is 29.0 Å². The lowest BCUT2D eigenvalue weighted by molar-refractivity contribution is -0.137. The summed E-state index contributed by atoms with van der Waals surface area (Å²) in [5.74, 6) is 0.959. The molecule has 2 N–H and O–H groups in total. The summed E-state index contributed by atoms with van der Waals surface area (Å²) in [5.41, 5.74) is -0.718. The predicted octanol–water partition coefficient (Wildman–Crippen LogP) is 6.80. The predicted molar refractivity (Wildman–Crippen MR) is 102 cm³/mol. The summed E-state index contributed by atoms with van der Waals surface area (Å²) >= 11 is 5.58. The molecule has 0 bridgehead atoms. The fraction of sp³-hybridized carbons (Fsp3) is 0.0500. The van der Waals surface area contributed by atoms with Crippen LogP contribution in [0.4, 0.5) is 29.3 Å². The van der Waals surface area contributed by atoms with Crippen molar-refractivity contribution in [2.45, 2.75) is 6.18 Å². The van der Waals surface area contributed by atoms with Gasteiger partial charge in [-0.15, -0.1) is 0 Å². The molecule has 0 aromatic heterocycles. The first-order valence-corrected chi connectivity index (χ1v) is 8.47. The molecule has 144 valence electrons. The van der Waals surface area contributed by atoms with Gasteiger partial charge in [0.25, 0.3) is 0 Å². The van der Waals surface area contributed by atoms with E-state index in [0.717, 1.165) is 12.1 Å². The molecule has 0 aliphatic rings. The number of nitrogens with one attached hydrogen (secondary N) is 2. The van der Waals surface area contributed by atoms with Crippen LogP contribution in [-0.4, -0.2) is 6.03 Å². The summed E-state index contributed by atoms with van der Waals surface area (Å²) in [6.45, 7) is 0. The molecule has 3 aromatic carbocycles. The van der Waals surface area contributed by atoms with Gasteiger partial charge in [0.2, 0.25) is 0 Å². The fourth-order valence-corrected chi connectivity index (χ4v) is 2.60. The second-order valence-electron chi connectivity index (χ2n) is 5.68. The van der Waals surface area contributed by atoms with Crippen LogP contribution in [0.5, 0.6) is 11.5 Å². The molecule has 0 fully saturated rings. The third-order valence-corrected chi connectivity index (χ3v) is 3.97. The second kappa shape index (κ2) is 8.22. The Labute approximate surface area is 163 Å². The van der Waals surface area contributed by atoms with Gasteiger partial charge in [-0.3, -0.25) is 0 Å². The number of rotatable bonds is 4. The number of amides is 2.